The first kappa shape index (κ1) is 22.4. The highest BCUT2D eigenvalue weighted by atomic mass is 19.3. The van der Waals surface area contributed by atoms with Gasteiger partial charge in [-0.25, -0.2) is 23.4 Å². The lowest BCUT2D eigenvalue weighted by atomic mass is 10.2. The summed E-state index contributed by atoms with van der Waals surface area (Å²) in [6.45, 7) is -0.499. The zero-order valence-electron chi connectivity index (χ0n) is 16.0. The number of hydrogen-bond acceptors (Lipinski definition) is 6. The van der Waals surface area contributed by atoms with Crippen LogP contribution in [-0.4, -0.2) is 75.0 Å². The highest BCUT2D eigenvalue weighted by Crippen LogP contribution is 2.31. The molecule has 0 spiro atoms. The number of urea groups is 1. The smallest absolute Gasteiger partial charge is 0.414 e. The van der Waals surface area contributed by atoms with Crippen LogP contribution in [0.25, 0.3) is 0 Å². The number of alkyl halides is 2. The number of nitrogens with one attached hydrogen (secondary N) is 1. The predicted octanol–water partition coefficient (Wildman–Crippen LogP) is 0.804. The first-order valence-corrected chi connectivity index (χ1v) is 9.15. The van der Waals surface area contributed by atoms with Crippen molar-refractivity contribution in [1.82, 2.24) is 10.4 Å². The lowest BCUT2D eigenvalue weighted by Gasteiger charge is -2.24. The van der Waals surface area contributed by atoms with Gasteiger partial charge in [-0.2, -0.15) is 8.78 Å². The normalized spacial score (nSPS) is 19.5. The molecule has 170 valence electrons. The van der Waals surface area contributed by atoms with Crippen LogP contribution in [0, 0.1) is 11.6 Å². The van der Waals surface area contributed by atoms with E-state index in [0.29, 0.717) is 0 Å². The number of ether oxygens (including phenoxy) is 1. The Labute approximate surface area is 173 Å². The Balaban J connectivity index is 1.71. The lowest BCUT2D eigenvalue weighted by Crippen LogP contribution is -2.38. The van der Waals surface area contributed by atoms with Crippen LogP contribution in [-0.2, 0) is 14.4 Å². The third-order valence-electron chi connectivity index (χ3n) is 4.63. The molecule has 0 radical (unpaired) electrons. The van der Waals surface area contributed by atoms with Crippen LogP contribution < -0.4 is 20.9 Å². The van der Waals surface area contributed by atoms with Gasteiger partial charge < -0.3 is 20.7 Å². The van der Waals surface area contributed by atoms with Gasteiger partial charge in [0.15, 0.2) is 11.6 Å². The minimum atomic E-state index is -3.22. The summed E-state index contributed by atoms with van der Waals surface area (Å²) in [5.41, 5.74) is 4.62. The fourth-order valence-corrected chi connectivity index (χ4v) is 3.19. The molecule has 1 aromatic carbocycles. The molecule has 0 saturated carbocycles. The molecule has 2 aliphatic heterocycles. The number of cyclic esters (lactones) is 1. The zero-order chi connectivity index (χ0) is 22.7. The highest BCUT2D eigenvalue weighted by molar-refractivity contribution is 5.90. The van der Waals surface area contributed by atoms with Crippen molar-refractivity contribution in [3.05, 3.63) is 23.8 Å². The molecular weight excluding hydrogens is 430 g/mol. The number of anilines is 2. The Bertz CT molecular complexity index is 850. The van der Waals surface area contributed by atoms with E-state index in [-0.39, 0.29) is 50.7 Å². The number of benzene rings is 1. The standard InChI is InChI=1S/C17H19F4N5O5/c18-11-5-9(25-8-10(31-17(25)29)7-23-15(27)14(20)21)6-12(19)13(11)24-1-2-26(16(22)28)30-4-3-24/h5-6,10,14H,1-4,7-8H2,(H2,22,28)(H,23,27)/t10-/m0/s1. The van der Waals surface area contributed by atoms with Crippen molar-refractivity contribution in [2.75, 3.05) is 49.1 Å². The molecular formula is C17H19F4N5O5. The fraction of sp³-hybridized carbons (Fsp3) is 0.471. The number of carbonyl (C=O) groups excluding carboxylic acids is 3. The highest BCUT2D eigenvalue weighted by Gasteiger charge is 2.34. The van der Waals surface area contributed by atoms with Gasteiger partial charge in [0.1, 0.15) is 11.8 Å². The van der Waals surface area contributed by atoms with Crippen LogP contribution in [0.3, 0.4) is 0 Å². The summed E-state index contributed by atoms with van der Waals surface area (Å²) in [6, 6.07) is 1.03. The first-order valence-electron chi connectivity index (χ1n) is 9.15. The average molecular weight is 449 g/mol. The number of rotatable bonds is 5. The molecule has 0 bridgehead atoms. The number of hydrogen-bond donors (Lipinski definition) is 2. The maximum absolute atomic E-state index is 14.8. The van der Waals surface area contributed by atoms with Gasteiger partial charge in [-0.1, -0.05) is 0 Å². The molecule has 1 atom stereocenters. The van der Waals surface area contributed by atoms with Gasteiger partial charge in [0.05, 0.1) is 31.9 Å². The van der Waals surface area contributed by atoms with Crippen molar-refractivity contribution in [3.63, 3.8) is 0 Å². The fourth-order valence-electron chi connectivity index (χ4n) is 3.19. The maximum Gasteiger partial charge on any atom is 0.414 e. The summed E-state index contributed by atoms with van der Waals surface area (Å²) in [5.74, 6) is -3.46. The SMILES string of the molecule is NC(=O)N1CCN(c2c(F)cc(N3C[C@H](CNC(=O)C(F)F)OC3=O)cc2F)CCO1. The molecule has 3 N–H and O–H groups in total. The quantitative estimate of drug-likeness (QED) is 0.643. The van der Waals surface area contributed by atoms with E-state index in [1.807, 2.05) is 5.32 Å². The Kier molecular flexibility index (Phi) is 6.68. The predicted molar refractivity (Wildman–Crippen MR) is 97.4 cm³/mol. The van der Waals surface area contributed by atoms with Gasteiger partial charge in [-0.15, -0.1) is 0 Å². The maximum atomic E-state index is 14.8. The van der Waals surface area contributed by atoms with E-state index >= 15 is 0 Å². The van der Waals surface area contributed by atoms with E-state index in [2.05, 4.69) is 0 Å². The van der Waals surface area contributed by atoms with Crippen molar-refractivity contribution in [3.8, 4) is 0 Å². The molecule has 2 saturated heterocycles. The zero-order valence-corrected chi connectivity index (χ0v) is 16.0. The molecule has 0 aromatic heterocycles. The second kappa shape index (κ2) is 9.24. The molecule has 1 aromatic rings. The number of amides is 4. The molecule has 10 nitrogen and oxygen atoms in total. The van der Waals surface area contributed by atoms with Crippen molar-refractivity contribution in [2.24, 2.45) is 5.73 Å². The summed E-state index contributed by atoms with van der Waals surface area (Å²) in [5, 5.41) is 2.80. The molecule has 4 amide bonds. The molecule has 14 heteroatoms. The van der Waals surface area contributed by atoms with Crippen molar-refractivity contribution in [2.45, 2.75) is 12.5 Å². The van der Waals surface area contributed by atoms with Gasteiger partial charge in [-0.3, -0.25) is 14.5 Å². The number of primary amides is 1. The summed E-state index contributed by atoms with van der Waals surface area (Å²) in [6.07, 6.45) is -5.13. The lowest BCUT2D eigenvalue weighted by molar-refractivity contribution is -0.132. The number of carbonyl (C=O) groups is 3. The minimum Gasteiger partial charge on any atom is -0.442 e. The summed E-state index contributed by atoms with van der Waals surface area (Å²) >= 11 is 0. The van der Waals surface area contributed by atoms with E-state index in [1.165, 1.54) is 4.90 Å². The topological polar surface area (TPSA) is 117 Å². The third kappa shape index (κ3) is 5.07. The van der Waals surface area contributed by atoms with E-state index in [0.717, 1.165) is 22.1 Å². The van der Waals surface area contributed by atoms with Gasteiger partial charge >= 0.3 is 18.5 Å². The summed E-state index contributed by atoms with van der Waals surface area (Å²) in [4.78, 5) is 41.5. The molecule has 3 rings (SSSR count). The van der Waals surface area contributed by atoms with Crippen LogP contribution >= 0.6 is 0 Å². The van der Waals surface area contributed by atoms with E-state index in [9.17, 15) is 31.9 Å². The number of halogens is 4. The van der Waals surface area contributed by atoms with Crippen molar-refractivity contribution in [1.29, 1.82) is 0 Å². The van der Waals surface area contributed by atoms with Crippen LogP contribution in [0.5, 0.6) is 0 Å². The van der Waals surface area contributed by atoms with E-state index in [4.69, 9.17) is 15.3 Å². The van der Waals surface area contributed by atoms with E-state index < -0.39 is 42.2 Å². The van der Waals surface area contributed by atoms with Gasteiger partial charge in [0, 0.05) is 25.2 Å². The van der Waals surface area contributed by atoms with Gasteiger partial charge in [0.25, 0.3) is 5.91 Å². The Morgan fingerprint density at radius 2 is 1.87 bits per heavy atom. The monoisotopic (exact) mass is 449 g/mol. The van der Waals surface area contributed by atoms with Crippen LogP contribution in [0.4, 0.5) is 38.5 Å². The number of hydroxylamine groups is 2. The van der Waals surface area contributed by atoms with Crippen LogP contribution in [0.1, 0.15) is 0 Å². The van der Waals surface area contributed by atoms with Crippen LogP contribution in [0.2, 0.25) is 0 Å². The Morgan fingerprint density at radius 3 is 2.48 bits per heavy atom. The minimum absolute atomic E-state index is 0.0135. The number of nitrogens with two attached hydrogens (primary N) is 1. The largest absolute Gasteiger partial charge is 0.442 e. The molecule has 2 aliphatic rings. The average Bonchev–Trinajstić information content (AvgIpc) is 2.90. The molecule has 2 heterocycles. The second-order valence-corrected chi connectivity index (χ2v) is 6.68. The van der Waals surface area contributed by atoms with E-state index in [1.54, 1.807) is 0 Å². The van der Waals surface area contributed by atoms with Crippen molar-refractivity contribution >= 4 is 29.4 Å². The first-order chi connectivity index (χ1) is 14.7. The van der Waals surface area contributed by atoms with Gasteiger partial charge in [-0.05, 0) is 0 Å². The van der Waals surface area contributed by atoms with Gasteiger partial charge in [0.2, 0.25) is 0 Å². The Hall–Kier alpha value is -3.29. The van der Waals surface area contributed by atoms with Crippen molar-refractivity contribution < 1.29 is 41.5 Å². The van der Waals surface area contributed by atoms with Crippen LogP contribution in [0.15, 0.2) is 12.1 Å². The summed E-state index contributed by atoms with van der Waals surface area (Å²) < 4.78 is 58.9. The molecule has 0 aliphatic carbocycles. The Morgan fingerprint density at radius 1 is 1.19 bits per heavy atom. The third-order valence-corrected chi connectivity index (χ3v) is 4.63. The molecule has 31 heavy (non-hydrogen) atoms. The summed E-state index contributed by atoms with van der Waals surface area (Å²) in [7, 11) is 0. The number of nitrogens with zero attached hydrogens (tertiary/aromatic N) is 3. The second-order valence-electron chi connectivity index (χ2n) is 6.68. The molecule has 0 unspecified atom stereocenters. The molecule has 2 fully saturated rings.